The molecule has 0 aliphatic rings. The van der Waals surface area contributed by atoms with Crippen molar-refractivity contribution in [2.75, 3.05) is 5.32 Å². The highest BCUT2D eigenvalue weighted by Gasteiger charge is 2.10. The van der Waals surface area contributed by atoms with Gasteiger partial charge in [-0.15, -0.1) is 0 Å². The third-order valence-electron chi connectivity index (χ3n) is 2.49. The molecule has 0 radical (unpaired) electrons. The minimum atomic E-state index is 0.0984. The van der Waals surface area contributed by atoms with E-state index in [0.717, 1.165) is 25.8 Å². The lowest BCUT2D eigenvalue weighted by molar-refractivity contribution is 0.467. The van der Waals surface area contributed by atoms with Crippen molar-refractivity contribution in [2.45, 2.75) is 19.9 Å². The molecule has 17 heavy (non-hydrogen) atoms. The fraction of sp³-hybridized carbons (Fsp3) is 0.231. The number of furan rings is 1. The number of aryl methyl sites for hydroxylation is 1. The van der Waals surface area contributed by atoms with Crippen molar-refractivity contribution in [3.63, 3.8) is 0 Å². The summed E-state index contributed by atoms with van der Waals surface area (Å²) in [4.78, 5) is 0. The Hall–Kier alpha value is -0.680. The zero-order valence-electron chi connectivity index (χ0n) is 9.63. The van der Waals surface area contributed by atoms with E-state index < -0.39 is 0 Å². The number of rotatable bonds is 3. The predicted molar refractivity (Wildman–Crippen MR) is 79.7 cm³/mol. The van der Waals surface area contributed by atoms with E-state index in [2.05, 4.69) is 27.9 Å². The first-order valence-corrected chi connectivity index (χ1v) is 6.80. The predicted octanol–water partition coefficient (Wildman–Crippen LogP) is 5.02. The number of hydrogen-bond donors (Lipinski definition) is 1. The molecule has 0 aliphatic carbocycles. The van der Waals surface area contributed by atoms with E-state index >= 15 is 0 Å². The van der Waals surface area contributed by atoms with Crippen LogP contribution in [0.1, 0.15) is 24.5 Å². The van der Waals surface area contributed by atoms with Gasteiger partial charge in [-0.25, -0.2) is 0 Å². The van der Waals surface area contributed by atoms with Gasteiger partial charge in [0.25, 0.3) is 0 Å². The van der Waals surface area contributed by atoms with Crippen molar-refractivity contribution in [3.8, 4) is 0 Å². The quantitative estimate of drug-likeness (QED) is 0.777. The van der Waals surface area contributed by atoms with E-state index in [4.69, 9.17) is 16.0 Å². The van der Waals surface area contributed by atoms with E-state index in [1.807, 2.05) is 44.2 Å². The Morgan fingerprint density at radius 3 is 2.65 bits per heavy atom. The van der Waals surface area contributed by atoms with Gasteiger partial charge in [-0.1, -0.05) is 11.6 Å². The molecule has 2 aromatic rings. The monoisotopic (exact) mass is 361 g/mol. The minimum Gasteiger partial charge on any atom is -0.464 e. The number of nitrogens with one attached hydrogen (secondary N) is 1. The molecule has 1 atom stereocenters. The highest BCUT2D eigenvalue weighted by molar-refractivity contribution is 14.1. The van der Waals surface area contributed by atoms with Crippen LogP contribution in [0.25, 0.3) is 0 Å². The summed E-state index contributed by atoms with van der Waals surface area (Å²) in [7, 11) is 0. The van der Waals surface area contributed by atoms with E-state index in [1.165, 1.54) is 0 Å². The van der Waals surface area contributed by atoms with Gasteiger partial charge in [0.2, 0.25) is 0 Å². The lowest BCUT2D eigenvalue weighted by atomic mass is 10.2. The van der Waals surface area contributed by atoms with Crippen molar-refractivity contribution < 1.29 is 4.42 Å². The molecule has 1 heterocycles. The fourth-order valence-electron chi connectivity index (χ4n) is 1.60. The summed E-state index contributed by atoms with van der Waals surface area (Å²) in [6.45, 7) is 3.99. The Labute approximate surface area is 119 Å². The Bertz CT molecular complexity index is 524. The number of anilines is 1. The van der Waals surface area contributed by atoms with Gasteiger partial charge in [0.1, 0.15) is 11.5 Å². The lowest BCUT2D eigenvalue weighted by Gasteiger charge is -2.14. The first-order valence-electron chi connectivity index (χ1n) is 5.34. The SMILES string of the molecule is Cc1ccc(C(C)Nc2ccc(I)cc2Cl)o1. The molecule has 0 saturated heterocycles. The topological polar surface area (TPSA) is 25.2 Å². The number of halogens is 2. The molecule has 1 N–H and O–H groups in total. The van der Waals surface area contributed by atoms with Crippen LogP contribution in [-0.4, -0.2) is 0 Å². The molecule has 90 valence electrons. The van der Waals surface area contributed by atoms with Crippen molar-refractivity contribution in [1.29, 1.82) is 0 Å². The Morgan fingerprint density at radius 1 is 1.29 bits per heavy atom. The summed E-state index contributed by atoms with van der Waals surface area (Å²) in [6, 6.07) is 9.98. The summed E-state index contributed by atoms with van der Waals surface area (Å²) in [6.07, 6.45) is 0. The van der Waals surface area contributed by atoms with Gasteiger partial charge in [-0.05, 0) is 66.8 Å². The van der Waals surface area contributed by atoms with E-state index in [1.54, 1.807) is 0 Å². The minimum absolute atomic E-state index is 0.0984. The average Bonchev–Trinajstić information content (AvgIpc) is 2.69. The Morgan fingerprint density at radius 2 is 2.06 bits per heavy atom. The molecule has 0 fully saturated rings. The fourth-order valence-corrected chi connectivity index (χ4v) is 2.51. The molecule has 1 aromatic carbocycles. The van der Waals surface area contributed by atoms with Crippen LogP contribution in [-0.2, 0) is 0 Å². The second kappa shape index (κ2) is 5.31. The molecular formula is C13H13ClINO. The zero-order valence-corrected chi connectivity index (χ0v) is 12.5. The van der Waals surface area contributed by atoms with Gasteiger partial charge in [0.05, 0.1) is 16.8 Å². The van der Waals surface area contributed by atoms with Gasteiger partial charge in [-0.2, -0.15) is 0 Å². The van der Waals surface area contributed by atoms with Crippen LogP contribution in [0, 0.1) is 10.5 Å². The van der Waals surface area contributed by atoms with Crippen LogP contribution in [0.15, 0.2) is 34.7 Å². The normalized spacial score (nSPS) is 12.5. The summed E-state index contributed by atoms with van der Waals surface area (Å²) >= 11 is 8.41. The molecule has 0 aliphatic heterocycles. The molecule has 0 spiro atoms. The van der Waals surface area contributed by atoms with Crippen LogP contribution < -0.4 is 5.32 Å². The Balaban J connectivity index is 2.15. The van der Waals surface area contributed by atoms with Crippen LogP contribution in [0.2, 0.25) is 5.02 Å². The standard InChI is InChI=1S/C13H13ClINO/c1-8-3-6-13(17-8)9(2)16-12-5-4-10(15)7-11(12)14/h3-7,9,16H,1-2H3. The average molecular weight is 362 g/mol. The molecule has 2 rings (SSSR count). The first kappa shape index (κ1) is 12.8. The molecule has 1 aromatic heterocycles. The van der Waals surface area contributed by atoms with E-state index in [9.17, 15) is 0 Å². The van der Waals surface area contributed by atoms with E-state index in [-0.39, 0.29) is 6.04 Å². The van der Waals surface area contributed by atoms with Gasteiger partial charge in [-0.3, -0.25) is 0 Å². The van der Waals surface area contributed by atoms with Crippen LogP contribution >= 0.6 is 34.2 Å². The zero-order chi connectivity index (χ0) is 12.4. The Kier molecular flexibility index (Phi) is 3.99. The largest absolute Gasteiger partial charge is 0.464 e. The first-order chi connectivity index (χ1) is 8.06. The third-order valence-corrected chi connectivity index (χ3v) is 3.47. The summed E-state index contributed by atoms with van der Waals surface area (Å²) in [5, 5.41) is 4.07. The third kappa shape index (κ3) is 3.16. The molecule has 4 heteroatoms. The summed E-state index contributed by atoms with van der Waals surface area (Å²) in [5.74, 6) is 1.83. The summed E-state index contributed by atoms with van der Waals surface area (Å²) in [5.41, 5.74) is 0.925. The van der Waals surface area contributed by atoms with Crippen LogP contribution in [0.3, 0.4) is 0 Å². The molecule has 0 saturated carbocycles. The maximum absolute atomic E-state index is 6.17. The maximum atomic E-state index is 6.17. The van der Waals surface area contributed by atoms with Crippen molar-refractivity contribution in [2.24, 2.45) is 0 Å². The molecule has 2 nitrogen and oxygen atoms in total. The second-order valence-corrected chi connectivity index (χ2v) is 5.59. The lowest BCUT2D eigenvalue weighted by Crippen LogP contribution is -2.05. The van der Waals surface area contributed by atoms with Crippen LogP contribution in [0.5, 0.6) is 0 Å². The number of hydrogen-bond acceptors (Lipinski definition) is 2. The van der Waals surface area contributed by atoms with Gasteiger partial charge >= 0.3 is 0 Å². The van der Waals surface area contributed by atoms with Crippen molar-refractivity contribution >= 4 is 39.9 Å². The van der Waals surface area contributed by atoms with Gasteiger partial charge in [0, 0.05) is 3.57 Å². The maximum Gasteiger partial charge on any atom is 0.126 e. The smallest absolute Gasteiger partial charge is 0.126 e. The summed E-state index contributed by atoms with van der Waals surface area (Å²) < 4.78 is 6.70. The molecule has 1 unspecified atom stereocenters. The van der Waals surface area contributed by atoms with Gasteiger partial charge in [0.15, 0.2) is 0 Å². The number of benzene rings is 1. The van der Waals surface area contributed by atoms with Gasteiger partial charge < -0.3 is 9.73 Å². The molecule has 0 amide bonds. The van der Waals surface area contributed by atoms with Crippen molar-refractivity contribution in [3.05, 3.63) is 50.4 Å². The van der Waals surface area contributed by atoms with E-state index in [0.29, 0.717) is 0 Å². The van der Waals surface area contributed by atoms with Crippen LogP contribution in [0.4, 0.5) is 5.69 Å². The van der Waals surface area contributed by atoms with Crippen molar-refractivity contribution in [1.82, 2.24) is 0 Å². The molecular weight excluding hydrogens is 349 g/mol. The molecule has 0 bridgehead atoms. The highest BCUT2D eigenvalue weighted by atomic mass is 127. The second-order valence-electron chi connectivity index (χ2n) is 3.94. The highest BCUT2D eigenvalue weighted by Crippen LogP contribution is 2.28.